The zero-order valence-corrected chi connectivity index (χ0v) is 20.2. The molecule has 0 aliphatic rings. The summed E-state index contributed by atoms with van der Waals surface area (Å²) >= 11 is 8.52. The van der Waals surface area contributed by atoms with Crippen molar-refractivity contribution in [2.24, 2.45) is 4.40 Å². The minimum Gasteiger partial charge on any atom is -0.591 e. The Kier molecular flexibility index (Phi) is 8.54. The highest BCUT2D eigenvalue weighted by Crippen LogP contribution is 2.37. The molecule has 0 unspecified atom stereocenters. The van der Waals surface area contributed by atoms with Crippen LogP contribution >= 0.6 is 27.5 Å². The maximum Gasteiger partial charge on any atom is 0.292 e. The maximum absolute atomic E-state index is 12.3. The fourth-order valence-corrected chi connectivity index (χ4v) is 4.17. The van der Waals surface area contributed by atoms with Gasteiger partial charge in [-0.2, -0.15) is 0 Å². The van der Waals surface area contributed by atoms with Crippen molar-refractivity contribution in [2.75, 3.05) is 12.4 Å². The number of anilines is 1. The Morgan fingerprint density at radius 1 is 1.37 bits per heavy atom. The minimum atomic E-state index is -1.42. The van der Waals surface area contributed by atoms with Gasteiger partial charge in [0.25, 0.3) is 5.69 Å². The van der Waals surface area contributed by atoms with Gasteiger partial charge in [-0.25, -0.2) is 0 Å². The molecule has 30 heavy (non-hydrogen) atoms. The van der Waals surface area contributed by atoms with E-state index in [0.29, 0.717) is 22.8 Å². The Morgan fingerprint density at radius 3 is 2.63 bits per heavy atom. The Labute approximate surface area is 192 Å². The van der Waals surface area contributed by atoms with E-state index in [1.54, 1.807) is 24.4 Å². The van der Waals surface area contributed by atoms with E-state index in [2.05, 4.69) is 25.6 Å². The molecule has 0 heterocycles. The number of nitro groups is 1. The quantitative estimate of drug-likeness (QED) is 0.198. The predicted octanol–water partition coefficient (Wildman–Crippen LogP) is 6.10. The first-order chi connectivity index (χ1) is 14.0. The lowest BCUT2D eigenvalue weighted by Crippen LogP contribution is -2.26. The monoisotopic (exact) mass is 515 g/mol. The number of ether oxygens (including phenoxy) is 1. The van der Waals surface area contributed by atoms with Gasteiger partial charge in [-0.05, 0) is 39.0 Å². The van der Waals surface area contributed by atoms with Crippen LogP contribution in [0.1, 0.15) is 38.8 Å². The number of rotatable bonds is 8. The third-order valence-corrected chi connectivity index (χ3v) is 6.52. The van der Waals surface area contributed by atoms with Crippen LogP contribution in [0.15, 0.2) is 45.3 Å². The van der Waals surface area contributed by atoms with Gasteiger partial charge in [-0.15, -0.1) is 0 Å². The molecule has 0 aliphatic carbocycles. The SMILES string of the molecule is COc1ccc([N+](=O)[O-])c(N[C@H](C/C=N/[S@+]([O-])C(C)(C)C)c2c(Cl)cccc2Br)c1. The molecule has 0 saturated heterocycles. The normalized spacial score (nSPS) is 13.8. The fourth-order valence-electron chi connectivity index (χ4n) is 2.57. The molecule has 1 N–H and O–H groups in total. The average Bonchev–Trinajstić information content (AvgIpc) is 2.66. The lowest BCUT2D eigenvalue weighted by Gasteiger charge is -2.22. The summed E-state index contributed by atoms with van der Waals surface area (Å²) in [5, 5.41) is 15.2. The van der Waals surface area contributed by atoms with Crippen LogP contribution in [0.4, 0.5) is 11.4 Å². The number of nitrogens with one attached hydrogen (secondary N) is 1. The van der Waals surface area contributed by atoms with Gasteiger partial charge in [0, 0.05) is 33.6 Å². The van der Waals surface area contributed by atoms with E-state index in [9.17, 15) is 14.7 Å². The van der Waals surface area contributed by atoms with Gasteiger partial charge in [-0.1, -0.05) is 38.0 Å². The molecule has 0 spiro atoms. The van der Waals surface area contributed by atoms with E-state index in [4.69, 9.17) is 16.3 Å². The van der Waals surface area contributed by atoms with Crippen molar-refractivity contribution in [2.45, 2.75) is 38.0 Å². The van der Waals surface area contributed by atoms with Gasteiger partial charge in [0.2, 0.25) is 0 Å². The van der Waals surface area contributed by atoms with Crippen LogP contribution < -0.4 is 10.1 Å². The molecule has 0 fully saturated rings. The Hall–Kier alpha value is -1.81. The largest absolute Gasteiger partial charge is 0.591 e. The molecule has 162 valence electrons. The van der Waals surface area contributed by atoms with Gasteiger partial charge in [0.05, 0.1) is 24.3 Å². The van der Waals surface area contributed by atoms with Crippen LogP contribution in [0, 0.1) is 10.1 Å². The lowest BCUT2D eigenvalue weighted by atomic mass is 10.0. The van der Waals surface area contributed by atoms with Crippen molar-refractivity contribution in [3.8, 4) is 5.75 Å². The summed E-state index contributed by atoms with van der Waals surface area (Å²) in [6.07, 6.45) is 1.86. The molecule has 0 radical (unpaired) electrons. The minimum absolute atomic E-state index is 0.0980. The molecule has 0 amide bonds. The summed E-state index contributed by atoms with van der Waals surface area (Å²) in [4.78, 5) is 11.0. The highest BCUT2D eigenvalue weighted by atomic mass is 79.9. The molecule has 2 aromatic carbocycles. The number of nitrogens with zero attached hydrogens (tertiary/aromatic N) is 2. The molecule has 0 aromatic heterocycles. The smallest absolute Gasteiger partial charge is 0.292 e. The highest BCUT2D eigenvalue weighted by molar-refractivity contribution is 9.10. The number of hydrogen-bond acceptors (Lipinski definition) is 6. The molecule has 2 rings (SSSR count). The van der Waals surface area contributed by atoms with Gasteiger partial charge < -0.3 is 14.6 Å². The zero-order chi connectivity index (χ0) is 22.5. The van der Waals surface area contributed by atoms with E-state index in [0.717, 1.165) is 4.47 Å². The van der Waals surface area contributed by atoms with Crippen LogP contribution in [0.5, 0.6) is 5.75 Å². The van der Waals surface area contributed by atoms with Gasteiger partial charge in [0.15, 0.2) is 0 Å². The first-order valence-electron chi connectivity index (χ1n) is 9.02. The lowest BCUT2D eigenvalue weighted by molar-refractivity contribution is -0.384. The number of nitro benzene ring substituents is 1. The molecule has 2 atom stereocenters. The Bertz CT molecular complexity index is 917. The van der Waals surface area contributed by atoms with Crippen molar-refractivity contribution in [3.05, 3.63) is 61.6 Å². The molecule has 10 heteroatoms. The third kappa shape index (κ3) is 6.34. The van der Waals surface area contributed by atoms with E-state index in [1.807, 2.05) is 26.8 Å². The molecule has 0 saturated carbocycles. The van der Waals surface area contributed by atoms with Gasteiger partial charge >= 0.3 is 0 Å². The standard InChI is InChI=1S/C20H23BrClN3O4S/c1-20(2,3)30(28)23-11-10-16(19-14(21)6-5-7-15(19)22)24-17-12-13(29-4)8-9-18(17)25(26)27/h5-9,11-12,16,24H,10H2,1-4H3/b23-11+/t16-,30-/m1/s1. The number of hydrogen-bond donors (Lipinski definition) is 1. The van der Waals surface area contributed by atoms with Crippen molar-refractivity contribution in [1.29, 1.82) is 0 Å². The molecule has 0 aliphatic heterocycles. The summed E-state index contributed by atoms with van der Waals surface area (Å²) in [7, 11) is 1.49. The van der Waals surface area contributed by atoms with E-state index >= 15 is 0 Å². The van der Waals surface area contributed by atoms with Crippen LogP contribution in [0.25, 0.3) is 0 Å². The summed E-state index contributed by atoms with van der Waals surface area (Å²) in [6, 6.07) is 9.35. The van der Waals surface area contributed by atoms with Crippen molar-refractivity contribution >= 4 is 56.5 Å². The van der Waals surface area contributed by atoms with E-state index in [1.165, 1.54) is 19.2 Å². The van der Waals surface area contributed by atoms with Crippen LogP contribution in [-0.2, 0) is 11.4 Å². The number of methoxy groups -OCH3 is 1. The fraction of sp³-hybridized carbons (Fsp3) is 0.350. The van der Waals surface area contributed by atoms with Crippen molar-refractivity contribution in [1.82, 2.24) is 0 Å². The van der Waals surface area contributed by atoms with Crippen LogP contribution in [0.2, 0.25) is 5.02 Å². The van der Waals surface area contributed by atoms with Gasteiger partial charge in [-0.3, -0.25) is 10.1 Å². The zero-order valence-electron chi connectivity index (χ0n) is 17.0. The first-order valence-corrected chi connectivity index (χ1v) is 11.3. The molecule has 2 aromatic rings. The predicted molar refractivity (Wildman–Crippen MR) is 126 cm³/mol. The van der Waals surface area contributed by atoms with E-state index in [-0.39, 0.29) is 11.4 Å². The van der Waals surface area contributed by atoms with Crippen LogP contribution in [-0.4, -0.2) is 27.5 Å². The highest BCUT2D eigenvalue weighted by Gasteiger charge is 2.27. The Morgan fingerprint density at radius 2 is 2.07 bits per heavy atom. The second-order valence-electron chi connectivity index (χ2n) is 7.36. The second kappa shape index (κ2) is 10.5. The van der Waals surface area contributed by atoms with Crippen molar-refractivity contribution in [3.63, 3.8) is 0 Å². The maximum atomic E-state index is 12.3. The van der Waals surface area contributed by atoms with E-state index < -0.39 is 27.1 Å². The molecular weight excluding hydrogens is 494 g/mol. The van der Waals surface area contributed by atoms with Gasteiger partial charge in [0.1, 0.15) is 27.5 Å². The summed E-state index contributed by atoms with van der Waals surface area (Å²) < 4.78 is 21.9. The first kappa shape index (κ1) is 24.5. The molecule has 0 bridgehead atoms. The Balaban J connectivity index is 2.45. The topological polar surface area (TPSA) is 99.8 Å². The number of benzene rings is 2. The second-order valence-corrected chi connectivity index (χ2v) is 10.6. The summed E-state index contributed by atoms with van der Waals surface area (Å²) in [5.74, 6) is 0.475. The summed E-state index contributed by atoms with van der Waals surface area (Å²) in [5.41, 5.74) is 0.893. The third-order valence-electron chi connectivity index (χ3n) is 4.11. The summed E-state index contributed by atoms with van der Waals surface area (Å²) in [6.45, 7) is 5.50. The van der Waals surface area contributed by atoms with Crippen LogP contribution in [0.3, 0.4) is 0 Å². The number of halogens is 2. The molecule has 7 nitrogen and oxygen atoms in total. The van der Waals surface area contributed by atoms with Crippen molar-refractivity contribution < 1.29 is 14.2 Å². The molecular formula is C20H23BrClN3O4S. The average molecular weight is 517 g/mol.